The Morgan fingerprint density at radius 3 is 2.76 bits per heavy atom. The van der Waals surface area contributed by atoms with E-state index in [0.717, 1.165) is 0 Å². The molecular formula is C15H16N2O4. The average Bonchev–Trinajstić information content (AvgIpc) is 2.46. The molecule has 2 N–H and O–H groups in total. The van der Waals surface area contributed by atoms with Gasteiger partial charge in [0.2, 0.25) is 5.56 Å². The summed E-state index contributed by atoms with van der Waals surface area (Å²) in [6, 6.07) is 7.41. The highest BCUT2D eigenvalue weighted by Gasteiger charge is 2.19. The molecule has 0 radical (unpaired) electrons. The zero-order valence-electron chi connectivity index (χ0n) is 11.8. The predicted octanol–water partition coefficient (Wildman–Crippen LogP) is 1.21. The number of esters is 1. The van der Waals surface area contributed by atoms with Crippen molar-refractivity contribution in [2.75, 3.05) is 6.61 Å². The van der Waals surface area contributed by atoms with Gasteiger partial charge in [-0.25, -0.2) is 4.79 Å². The van der Waals surface area contributed by atoms with Crippen molar-refractivity contribution in [1.82, 2.24) is 10.3 Å². The largest absolute Gasteiger partial charge is 0.464 e. The molecule has 0 saturated carbocycles. The fourth-order valence-corrected chi connectivity index (χ4v) is 1.99. The summed E-state index contributed by atoms with van der Waals surface area (Å²) in [6.45, 7) is 3.47. The molecule has 1 aromatic heterocycles. The van der Waals surface area contributed by atoms with Crippen LogP contribution in [0.2, 0.25) is 0 Å². The highest BCUT2D eigenvalue weighted by Crippen LogP contribution is 2.14. The minimum absolute atomic E-state index is 0.227. The first kappa shape index (κ1) is 14.8. The van der Waals surface area contributed by atoms with E-state index in [1.54, 1.807) is 31.2 Å². The number of benzene rings is 1. The van der Waals surface area contributed by atoms with Crippen molar-refractivity contribution in [3.8, 4) is 0 Å². The fourth-order valence-electron chi connectivity index (χ4n) is 1.99. The summed E-state index contributed by atoms with van der Waals surface area (Å²) in [5.74, 6) is -1.00. The van der Waals surface area contributed by atoms with Crippen LogP contribution < -0.4 is 10.9 Å². The number of aromatic amines is 1. The van der Waals surface area contributed by atoms with E-state index in [2.05, 4.69) is 10.3 Å². The molecule has 110 valence electrons. The first-order chi connectivity index (χ1) is 10.0. The number of carbonyl (C=O) groups is 2. The van der Waals surface area contributed by atoms with E-state index in [0.29, 0.717) is 10.9 Å². The molecule has 0 saturated heterocycles. The van der Waals surface area contributed by atoms with E-state index in [1.807, 2.05) is 0 Å². The first-order valence-electron chi connectivity index (χ1n) is 6.62. The zero-order valence-corrected chi connectivity index (χ0v) is 11.8. The second kappa shape index (κ2) is 6.21. The van der Waals surface area contributed by atoms with Crippen LogP contribution in [0.5, 0.6) is 0 Å². The van der Waals surface area contributed by atoms with Crippen molar-refractivity contribution >= 4 is 22.8 Å². The van der Waals surface area contributed by atoms with Crippen LogP contribution in [0.15, 0.2) is 35.1 Å². The number of aromatic nitrogens is 1. The SMILES string of the molecule is CCOC(=O)C(C)NC(=O)c1cc(=O)[nH]c2ccccc12. The zero-order chi connectivity index (χ0) is 15.4. The number of nitrogens with one attached hydrogen (secondary N) is 2. The minimum atomic E-state index is -0.782. The number of rotatable bonds is 4. The van der Waals surface area contributed by atoms with E-state index in [1.165, 1.54) is 13.0 Å². The summed E-state index contributed by atoms with van der Waals surface area (Å²) in [7, 11) is 0. The molecular weight excluding hydrogens is 272 g/mol. The molecule has 6 heteroatoms. The summed E-state index contributed by atoms with van der Waals surface area (Å²) < 4.78 is 4.83. The Hall–Kier alpha value is -2.63. The highest BCUT2D eigenvalue weighted by atomic mass is 16.5. The lowest BCUT2D eigenvalue weighted by Gasteiger charge is -2.13. The molecule has 0 aliphatic rings. The van der Waals surface area contributed by atoms with Crippen molar-refractivity contribution in [2.45, 2.75) is 19.9 Å². The topological polar surface area (TPSA) is 88.3 Å². The van der Waals surface area contributed by atoms with Crippen molar-refractivity contribution in [2.24, 2.45) is 0 Å². The third-order valence-electron chi connectivity index (χ3n) is 2.98. The molecule has 1 heterocycles. The van der Waals surface area contributed by atoms with Crippen molar-refractivity contribution in [3.63, 3.8) is 0 Å². The predicted molar refractivity (Wildman–Crippen MR) is 78.1 cm³/mol. The molecule has 0 aliphatic heterocycles. The Bertz CT molecular complexity index is 736. The molecule has 1 amide bonds. The number of carbonyl (C=O) groups excluding carboxylic acids is 2. The number of H-pyrrole nitrogens is 1. The molecule has 21 heavy (non-hydrogen) atoms. The molecule has 0 fully saturated rings. The Morgan fingerprint density at radius 2 is 2.05 bits per heavy atom. The number of pyridine rings is 1. The Balaban J connectivity index is 2.31. The Labute approximate surface area is 121 Å². The maximum Gasteiger partial charge on any atom is 0.328 e. The van der Waals surface area contributed by atoms with Gasteiger partial charge >= 0.3 is 5.97 Å². The van der Waals surface area contributed by atoms with E-state index in [9.17, 15) is 14.4 Å². The monoisotopic (exact) mass is 288 g/mol. The number of amides is 1. The highest BCUT2D eigenvalue weighted by molar-refractivity contribution is 6.06. The van der Waals surface area contributed by atoms with Crippen LogP contribution in [0.1, 0.15) is 24.2 Å². The average molecular weight is 288 g/mol. The second-order valence-corrected chi connectivity index (χ2v) is 4.54. The Kier molecular flexibility index (Phi) is 4.37. The van der Waals surface area contributed by atoms with Crippen LogP contribution in [0, 0.1) is 0 Å². The lowest BCUT2D eigenvalue weighted by Crippen LogP contribution is -2.40. The number of ether oxygens (including phenoxy) is 1. The van der Waals surface area contributed by atoms with Gasteiger partial charge in [0.15, 0.2) is 0 Å². The summed E-state index contributed by atoms with van der Waals surface area (Å²) in [4.78, 5) is 38.1. The summed E-state index contributed by atoms with van der Waals surface area (Å²) in [5.41, 5.74) is 0.423. The lowest BCUT2D eigenvalue weighted by atomic mass is 10.1. The molecule has 1 aromatic carbocycles. The summed E-state index contributed by atoms with van der Waals surface area (Å²) >= 11 is 0. The summed E-state index contributed by atoms with van der Waals surface area (Å²) in [6.07, 6.45) is 0. The van der Waals surface area contributed by atoms with Gasteiger partial charge in [0.05, 0.1) is 12.2 Å². The van der Waals surface area contributed by atoms with Gasteiger partial charge < -0.3 is 15.0 Å². The standard InChI is InChI=1S/C15H16N2O4/c1-3-21-15(20)9(2)16-14(19)11-8-13(18)17-12-7-5-4-6-10(11)12/h4-9H,3H2,1-2H3,(H,16,19)(H,17,18). The maximum absolute atomic E-state index is 12.3. The van der Waals surface area contributed by atoms with E-state index in [-0.39, 0.29) is 17.7 Å². The molecule has 2 rings (SSSR count). The van der Waals surface area contributed by atoms with Crippen LogP contribution in [0.3, 0.4) is 0 Å². The maximum atomic E-state index is 12.3. The fraction of sp³-hybridized carbons (Fsp3) is 0.267. The quantitative estimate of drug-likeness (QED) is 0.828. The number of hydrogen-bond acceptors (Lipinski definition) is 4. The van der Waals surface area contributed by atoms with Gasteiger partial charge in [0.25, 0.3) is 5.91 Å². The van der Waals surface area contributed by atoms with Crippen LogP contribution in [-0.2, 0) is 9.53 Å². The summed E-state index contributed by atoms with van der Waals surface area (Å²) in [5, 5.41) is 3.15. The molecule has 1 unspecified atom stereocenters. The van der Waals surface area contributed by atoms with E-state index < -0.39 is 17.9 Å². The van der Waals surface area contributed by atoms with Gasteiger partial charge in [-0.3, -0.25) is 9.59 Å². The third kappa shape index (κ3) is 3.28. The Morgan fingerprint density at radius 1 is 1.33 bits per heavy atom. The molecule has 0 aliphatic carbocycles. The molecule has 0 spiro atoms. The molecule has 6 nitrogen and oxygen atoms in total. The molecule has 1 atom stereocenters. The van der Waals surface area contributed by atoms with Crippen molar-refractivity contribution < 1.29 is 14.3 Å². The van der Waals surface area contributed by atoms with Crippen molar-refractivity contribution in [1.29, 1.82) is 0 Å². The van der Waals surface area contributed by atoms with Crippen LogP contribution in [-0.4, -0.2) is 29.5 Å². The van der Waals surface area contributed by atoms with Gasteiger partial charge in [0, 0.05) is 17.0 Å². The van der Waals surface area contributed by atoms with Crippen LogP contribution in [0.4, 0.5) is 0 Å². The smallest absolute Gasteiger partial charge is 0.328 e. The number of para-hydroxylation sites is 1. The molecule has 2 aromatic rings. The second-order valence-electron chi connectivity index (χ2n) is 4.54. The van der Waals surface area contributed by atoms with Gasteiger partial charge in [-0.2, -0.15) is 0 Å². The van der Waals surface area contributed by atoms with Gasteiger partial charge in [-0.15, -0.1) is 0 Å². The number of hydrogen-bond donors (Lipinski definition) is 2. The van der Waals surface area contributed by atoms with Gasteiger partial charge in [0.1, 0.15) is 6.04 Å². The third-order valence-corrected chi connectivity index (χ3v) is 2.98. The normalized spacial score (nSPS) is 11.9. The van der Waals surface area contributed by atoms with Gasteiger partial charge in [-0.05, 0) is 19.9 Å². The van der Waals surface area contributed by atoms with E-state index >= 15 is 0 Å². The van der Waals surface area contributed by atoms with Gasteiger partial charge in [-0.1, -0.05) is 18.2 Å². The van der Waals surface area contributed by atoms with Crippen LogP contribution >= 0.6 is 0 Å². The van der Waals surface area contributed by atoms with Crippen LogP contribution in [0.25, 0.3) is 10.9 Å². The number of fused-ring (bicyclic) bond motifs is 1. The van der Waals surface area contributed by atoms with E-state index in [4.69, 9.17) is 4.74 Å². The molecule has 0 bridgehead atoms. The van der Waals surface area contributed by atoms with Crippen molar-refractivity contribution in [3.05, 3.63) is 46.2 Å². The lowest BCUT2D eigenvalue weighted by molar-refractivity contribution is -0.144. The first-order valence-corrected chi connectivity index (χ1v) is 6.62. The minimum Gasteiger partial charge on any atom is -0.464 e.